The first-order chi connectivity index (χ1) is 17.9. The molecule has 0 radical (unpaired) electrons. The third kappa shape index (κ3) is 4.35. The zero-order valence-corrected chi connectivity index (χ0v) is 20.8. The van der Waals surface area contributed by atoms with Crippen molar-refractivity contribution in [3.8, 4) is 28.3 Å². The van der Waals surface area contributed by atoms with Gasteiger partial charge in [0.25, 0.3) is 0 Å². The number of aromatic nitrogens is 3. The first-order valence-corrected chi connectivity index (χ1v) is 12.4. The predicted octanol–water partition coefficient (Wildman–Crippen LogP) is 4.38. The van der Waals surface area contributed by atoms with Crippen LogP contribution in [-0.4, -0.2) is 60.4 Å². The Balaban J connectivity index is 1.57. The van der Waals surface area contributed by atoms with Gasteiger partial charge in [-0.25, -0.2) is 18.7 Å². The number of morpholine rings is 1. The van der Waals surface area contributed by atoms with E-state index in [-0.39, 0.29) is 23.0 Å². The van der Waals surface area contributed by atoms with E-state index < -0.39 is 11.6 Å². The maximum atomic E-state index is 14.4. The van der Waals surface area contributed by atoms with Crippen LogP contribution in [0.2, 0.25) is 5.02 Å². The molecule has 0 amide bonds. The molecule has 0 aliphatic carbocycles. The molecule has 8 nitrogen and oxygen atoms in total. The average molecular weight is 527 g/mol. The number of H-pyrrole nitrogens is 1. The first kappa shape index (κ1) is 23.9. The van der Waals surface area contributed by atoms with Crippen molar-refractivity contribution in [1.29, 1.82) is 0 Å². The van der Waals surface area contributed by atoms with Gasteiger partial charge in [-0.1, -0.05) is 11.6 Å². The largest absolute Gasteiger partial charge is 0.494 e. The third-order valence-electron chi connectivity index (χ3n) is 6.94. The Morgan fingerprint density at radius 1 is 1.19 bits per heavy atom. The molecule has 4 aromatic rings. The molecule has 2 saturated heterocycles. The summed E-state index contributed by atoms with van der Waals surface area (Å²) < 4.78 is 40.1. The number of nitrogens with two attached hydrogens (primary N) is 1. The molecule has 0 saturated carbocycles. The van der Waals surface area contributed by atoms with Crippen molar-refractivity contribution in [2.24, 2.45) is 0 Å². The van der Waals surface area contributed by atoms with E-state index in [1.54, 1.807) is 12.3 Å². The molecule has 2 fully saturated rings. The average Bonchev–Trinajstić information content (AvgIpc) is 3.30. The molecular formula is C26H25ClF2N6O2. The highest BCUT2D eigenvalue weighted by Gasteiger charge is 2.35. The lowest BCUT2D eigenvalue weighted by Gasteiger charge is -2.43. The van der Waals surface area contributed by atoms with Gasteiger partial charge in [0.1, 0.15) is 34.5 Å². The van der Waals surface area contributed by atoms with E-state index in [2.05, 4.69) is 20.2 Å². The van der Waals surface area contributed by atoms with Gasteiger partial charge in [0.15, 0.2) is 0 Å². The number of nitrogens with one attached hydrogen (secondary N) is 2. The molecule has 2 aromatic carbocycles. The second-order valence-corrected chi connectivity index (χ2v) is 9.67. The number of piperidine rings is 1. The second kappa shape index (κ2) is 9.44. The summed E-state index contributed by atoms with van der Waals surface area (Å²) in [5.41, 5.74) is 9.84. The summed E-state index contributed by atoms with van der Waals surface area (Å²) >= 11 is 6.22. The van der Waals surface area contributed by atoms with E-state index in [0.29, 0.717) is 59.0 Å². The fourth-order valence-corrected chi connectivity index (χ4v) is 5.52. The SMILES string of the molecule is COc1cc(F)cc2[nH]c(-c3c(N)ncc(-c4cc(F)cc(Cl)c4)c3N3CCC4NCCOC4C3)nc12. The van der Waals surface area contributed by atoms with Crippen LogP contribution in [0.15, 0.2) is 36.5 Å². The molecule has 4 N–H and O–H groups in total. The molecule has 2 aromatic heterocycles. The maximum Gasteiger partial charge on any atom is 0.149 e. The molecule has 192 valence electrons. The van der Waals surface area contributed by atoms with Gasteiger partial charge < -0.3 is 30.4 Å². The van der Waals surface area contributed by atoms with Crippen molar-refractivity contribution in [3.63, 3.8) is 0 Å². The number of anilines is 2. The van der Waals surface area contributed by atoms with Gasteiger partial charge in [-0.3, -0.25) is 0 Å². The fourth-order valence-electron chi connectivity index (χ4n) is 5.30. The number of pyridine rings is 1. The van der Waals surface area contributed by atoms with Gasteiger partial charge in [-0.15, -0.1) is 0 Å². The van der Waals surface area contributed by atoms with E-state index in [0.717, 1.165) is 18.7 Å². The van der Waals surface area contributed by atoms with Crippen LogP contribution >= 0.6 is 11.6 Å². The summed E-state index contributed by atoms with van der Waals surface area (Å²) in [5.74, 6) is -0.00824. The first-order valence-electron chi connectivity index (χ1n) is 12.0. The quantitative estimate of drug-likeness (QED) is 0.363. The van der Waals surface area contributed by atoms with Gasteiger partial charge >= 0.3 is 0 Å². The van der Waals surface area contributed by atoms with E-state index in [9.17, 15) is 8.78 Å². The molecular weight excluding hydrogens is 502 g/mol. The number of hydrogen-bond acceptors (Lipinski definition) is 7. The molecule has 37 heavy (non-hydrogen) atoms. The highest BCUT2D eigenvalue weighted by atomic mass is 35.5. The highest BCUT2D eigenvalue weighted by Crippen LogP contribution is 2.44. The van der Waals surface area contributed by atoms with Crippen LogP contribution in [0.5, 0.6) is 5.75 Å². The number of imidazole rings is 1. The van der Waals surface area contributed by atoms with Crippen molar-refractivity contribution in [3.05, 3.63) is 53.2 Å². The van der Waals surface area contributed by atoms with Gasteiger partial charge in [-0.05, 0) is 36.2 Å². The van der Waals surface area contributed by atoms with Crippen molar-refractivity contribution in [2.45, 2.75) is 18.6 Å². The molecule has 2 aliphatic rings. The van der Waals surface area contributed by atoms with Gasteiger partial charge in [0, 0.05) is 48.5 Å². The predicted molar refractivity (Wildman–Crippen MR) is 139 cm³/mol. The molecule has 4 heterocycles. The number of nitrogen functional groups attached to an aromatic ring is 1. The number of rotatable bonds is 4. The van der Waals surface area contributed by atoms with Crippen LogP contribution in [0, 0.1) is 11.6 Å². The number of nitrogens with zero attached hydrogens (tertiary/aromatic N) is 3. The molecule has 0 spiro atoms. The fraction of sp³-hybridized carbons (Fsp3) is 0.308. The summed E-state index contributed by atoms with van der Waals surface area (Å²) in [6.45, 7) is 2.73. The van der Waals surface area contributed by atoms with E-state index in [1.807, 2.05) is 0 Å². The standard InChI is InChI=1S/C26H25ClF2N6O2/c1-36-20-10-16(29)9-19-23(20)34-26(33-19)22-24(35-4-2-18-21(12-35)37-5-3-31-18)17(11-32-25(22)30)13-6-14(27)8-15(28)7-13/h6-11,18,21,31H,2-5,12H2,1H3,(H2,30,32)(H,33,34). The number of methoxy groups -OCH3 is 1. The minimum atomic E-state index is -0.464. The van der Waals surface area contributed by atoms with Crippen molar-refractivity contribution < 1.29 is 18.3 Å². The molecule has 2 aliphatic heterocycles. The Morgan fingerprint density at radius 3 is 2.84 bits per heavy atom. The monoisotopic (exact) mass is 526 g/mol. The van der Waals surface area contributed by atoms with Crippen molar-refractivity contribution in [1.82, 2.24) is 20.3 Å². The molecule has 11 heteroatoms. The highest BCUT2D eigenvalue weighted by molar-refractivity contribution is 6.30. The summed E-state index contributed by atoms with van der Waals surface area (Å²) in [7, 11) is 1.46. The number of halogens is 3. The van der Waals surface area contributed by atoms with Crippen LogP contribution in [-0.2, 0) is 4.74 Å². The summed E-state index contributed by atoms with van der Waals surface area (Å²) in [6.07, 6.45) is 2.43. The summed E-state index contributed by atoms with van der Waals surface area (Å²) in [5, 5.41) is 3.79. The minimum absolute atomic E-state index is 0.0291. The number of ether oxygens (including phenoxy) is 2. The normalized spacial score (nSPS) is 19.7. The van der Waals surface area contributed by atoms with Crippen molar-refractivity contribution in [2.75, 3.05) is 44.0 Å². The van der Waals surface area contributed by atoms with Gasteiger partial charge in [0.2, 0.25) is 0 Å². The van der Waals surface area contributed by atoms with E-state index >= 15 is 0 Å². The van der Waals surface area contributed by atoms with E-state index in [4.69, 9.17) is 31.8 Å². The Morgan fingerprint density at radius 2 is 2.03 bits per heavy atom. The maximum absolute atomic E-state index is 14.4. The minimum Gasteiger partial charge on any atom is -0.494 e. The Hall–Kier alpha value is -3.47. The number of fused-ring (bicyclic) bond motifs is 2. The summed E-state index contributed by atoms with van der Waals surface area (Å²) in [4.78, 5) is 14.5. The summed E-state index contributed by atoms with van der Waals surface area (Å²) in [6, 6.07) is 7.23. The van der Waals surface area contributed by atoms with Gasteiger partial charge in [0.05, 0.1) is 36.6 Å². The van der Waals surface area contributed by atoms with Crippen LogP contribution in [0.3, 0.4) is 0 Å². The van der Waals surface area contributed by atoms with Crippen LogP contribution in [0.25, 0.3) is 33.5 Å². The zero-order chi connectivity index (χ0) is 25.7. The lowest BCUT2D eigenvalue weighted by molar-refractivity contribution is -0.00899. The topological polar surface area (TPSA) is 101 Å². The second-order valence-electron chi connectivity index (χ2n) is 9.23. The molecule has 2 atom stereocenters. The van der Waals surface area contributed by atoms with Crippen LogP contribution in [0.4, 0.5) is 20.3 Å². The van der Waals surface area contributed by atoms with Crippen molar-refractivity contribution >= 4 is 34.1 Å². The Bertz CT molecular complexity index is 1480. The molecule has 0 bridgehead atoms. The Kier molecular flexibility index (Phi) is 6.10. The van der Waals surface area contributed by atoms with Crippen LogP contribution < -0.4 is 20.7 Å². The smallest absolute Gasteiger partial charge is 0.149 e. The lowest BCUT2D eigenvalue weighted by Crippen LogP contribution is -2.58. The lowest BCUT2D eigenvalue weighted by atomic mass is 9.95. The number of benzene rings is 2. The van der Waals surface area contributed by atoms with Crippen LogP contribution in [0.1, 0.15) is 6.42 Å². The Labute approximate surface area is 216 Å². The zero-order valence-electron chi connectivity index (χ0n) is 20.0. The third-order valence-corrected chi connectivity index (χ3v) is 7.16. The molecule has 6 rings (SSSR count). The van der Waals surface area contributed by atoms with Gasteiger partial charge in [-0.2, -0.15) is 0 Å². The number of hydrogen-bond donors (Lipinski definition) is 3. The number of aromatic amines is 1. The molecule has 2 unspecified atom stereocenters. The van der Waals surface area contributed by atoms with E-state index in [1.165, 1.54) is 31.4 Å².